The zero-order chi connectivity index (χ0) is 22.3. The summed E-state index contributed by atoms with van der Waals surface area (Å²) in [5.74, 6) is 1.00. The number of hydrogen-bond donors (Lipinski definition) is 1. The van der Waals surface area contributed by atoms with Gasteiger partial charge in [0.1, 0.15) is 18.1 Å². The summed E-state index contributed by atoms with van der Waals surface area (Å²) in [6.07, 6.45) is 2.87. The molecule has 166 valence electrons. The van der Waals surface area contributed by atoms with Crippen molar-refractivity contribution in [3.05, 3.63) is 89.0 Å². The van der Waals surface area contributed by atoms with Crippen LogP contribution in [-0.2, 0) is 30.8 Å². The third-order valence-electron chi connectivity index (χ3n) is 5.83. The number of carboxylic acid groups (broad SMARTS) is 1. The van der Waals surface area contributed by atoms with Crippen LogP contribution in [0, 0.1) is 0 Å². The lowest BCUT2D eigenvalue weighted by atomic mass is 10.00. The largest absolute Gasteiger partial charge is 0.497 e. The highest BCUT2D eigenvalue weighted by molar-refractivity contribution is 5.67. The van der Waals surface area contributed by atoms with Crippen LogP contribution in [0.1, 0.15) is 35.1 Å². The summed E-state index contributed by atoms with van der Waals surface area (Å²) < 4.78 is 11.7. The van der Waals surface area contributed by atoms with Crippen molar-refractivity contribution in [2.45, 2.75) is 38.8 Å². The number of aryl methyl sites for hydroxylation is 2. The molecule has 5 nitrogen and oxygen atoms in total. The Morgan fingerprint density at radius 1 is 1.00 bits per heavy atom. The molecule has 0 radical (unpaired) electrons. The van der Waals surface area contributed by atoms with Gasteiger partial charge in [-0.1, -0.05) is 48.5 Å². The van der Waals surface area contributed by atoms with E-state index in [-0.39, 0.29) is 6.42 Å². The molecule has 0 aliphatic carbocycles. The SMILES string of the molecule is COc1cccc(CN2CCCc3cccc(OCc4ccc(CCC(=O)O)cc4)c32)c1. The van der Waals surface area contributed by atoms with Gasteiger partial charge < -0.3 is 19.5 Å². The van der Waals surface area contributed by atoms with E-state index >= 15 is 0 Å². The predicted molar refractivity (Wildman–Crippen MR) is 126 cm³/mol. The van der Waals surface area contributed by atoms with E-state index in [0.29, 0.717) is 13.0 Å². The van der Waals surface area contributed by atoms with E-state index in [1.807, 2.05) is 42.5 Å². The number of carbonyl (C=O) groups is 1. The molecule has 0 fully saturated rings. The molecule has 32 heavy (non-hydrogen) atoms. The first kappa shape index (κ1) is 21.8. The molecule has 1 aliphatic rings. The maximum Gasteiger partial charge on any atom is 0.303 e. The topological polar surface area (TPSA) is 59.0 Å². The maximum atomic E-state index is 10.8. The van der Waals surface area contributed by atoms with Gasteiger partial charge in [-0.3, -0.25) is 4.79 Å². The molecule has 1 aliphatic heterocycles. The Bertz CT molecular complexity index is 1060. The molecule has 0 bridgehead atoms. The number of nitrogens with zero attached hydrogens (tertiary/aromatic N) is 1. The number of fused-ring (bicyclic) bond motifs is 1. The summed E-state index contributed by atoms with van der Waals surface area (Å²) in [4.78, 5) is 13.2. The molecule has 0 spiro atoms. The molecule has 0 unspecified atom stereocenters. The predicted octanol–water partition coefficient (Wildman–Crippen LogP) is 5.24. The molecule has 0 aromatic heterocycles. The second-order valence-electron chi connectivity index (χ2n) is 8.14. The molecule has 5 heteroatoms. The Labute approximate surface area is 189 Å². The number of anilines is 1. The van der Waals surface area contributed by atoms with Crippen molar-refractivity contribution >= 4 is 11.7 Å². The van der Waals surface area contributed by atoms with Gasteiger partial charge in [-0.15, -0.1) is 0 Å². The van der Waals surface area contributed by atoms with Crippen molar-refractivity contribution in [3.8, 4) is 11.5 Å². The number of para-hydroxylation sites is 1. The van der Waals surface area contributed by atoms with Gasteiger partial charge in [-0.2, -0.15) is 0 Å². The van der Waals surface area contributed by atoms with Gasteiger partial charge in [0.05, 0.1) is 12.8 Å². The Morgan fingerprint density at radius 3 is 2.56 bits per heavy atom. The molecule has 4 rings (SSSR count). The summed E-state index contributed by atoms with van der Waals surface area (Å²) >= 11 is 0. The lowest BCUT2D eigenvalue weighted by molar-refractivity contribution is -0.136. The number of ether oxygens (including phenoxy) is 2. The molecule has 0 saturated heterocycles. The van der Waals surface area contributed by atoms with Gasteiger partial charge in [0, 0.05) is 19.5 Å². The summed E-state index contributed by atoms with van der Waals surface area (Å²) in [5.41, 5.74) is 5.80. The highest BCUT2D eigenvalue weighted by atomic mass is 16.5. The second kappa shape index (κ2) is 10.2. The molecular formula is C27H29NO4. The normalized spacial score (nSPS) is 12.8. The second-order valence-corrected chi connectivity index (χ2v) is 8.14. The lowest BCUT2D eigenvalue weighted by Crippen LogP contribution is -2.29. The number of aliphatic carboxylic acids is 1. The van der Waals surface area contributed by atoms with Crippen molar-refractivity contribution < 1.29 is 19.4 Å². The van der Waals surface area contributed by atoms with Gasteiger partial charge in [0.15, 0.2) is 0 Å². The van der Waals surface area contributed by atoms with Crippen LogP contribution in [-0.4, -0.2) is 24.7 Å². The number of methoxy groups -OCH3 is 1. The number of rotatable bonds is 9. The van der Waals surface area contributed by atoms with E-state index < -0.39 is 5.97 Å². The Hall–Kier alpha value is -3.47. The minimum atomic E-state index is -0.773. The Morgan fingerprint density at radius 2 is 1.78 bits per heavy atom. The van der Waals surface area contributed by atoms with Gasteiger partial charge >= 0.3 is 5.97 Å². The summed E-state index contributed by atoms with van der Waals surface area (Å²) in [5, 5.41) is 8.85. The molecule has 0 saturated carbocycles. The zero-order valence-corrected chi connectivity index (χ0v) is 18.4. The van der Waals surface area contributed by atoms with Crippen LogP contribution in [0.25, 0.3) is 0 Å². The molecule has 0 atom stereocenters. The highest BCUT2D eigenvalue weighted by Gasteiger charge is 2.21. The third kappa shape index (κ3) is 5.41. The first-order valence-corrected chi connectivity index (χ1v) is 11.0. The average molecular weight is 432 g/mol. The Balaban J connectivity index is 1.48. The van der Waals surface area contributed by atoms with Crippen LogP contribution in [0.4, 0.5) is 5.69 Å². The number of hydrogen-bond acceptors (Lipinski definition) is 4. The summed E-state index contributed by atoms with van der Waals surface area (Å²) in [6.45, 7) is 2.27. The van der Waals surface area contributed by atoms with Gasteiger partial charge in [0.25, 0.3) is 0 Å². The molecule has 3 aromatic rings. The fourth-order valence-corrected chi connectivity index (χ4v) is 4.18. The summed E-state index contributed by atoms with van der Waals surface area (Å²) in [7, 11) is 1.69. The van der Waals surface area contributed by atoms with Crippen LogP contribution >= 0.6 is 0 Å². The third-order valence-corrected chi connectivity index (χ3v) is 5.83. The Kier molecular flexibility index (Phi) is 6.95. The number of carboxylic acids is 1. The van der Waals surface area contributed by atoms with Crippen molar-refractivity contribution in [3.63, 3.8) is 0 Å². The first-order valence-electron chi connectivity index (χ1n) is 11.0. The van der Waals surface area contributed by atoms with E-state index in [4.69, 9.17) is 14.6 Å². The maximum absolute atomic E-state index is 10.8. The van der Waals surface area contributed by atoms with Gasteiger partial charge in [0.2, 0.25) is 0 Å². The van der Waals surface area contributed by atoms with Crippen molar-refractivity contribution in [2.75, 3.05) is 18.6 Å². The summed E-state index contributed by atoms with van der Waals surface area (Å²) in [6, 6.07) is 22.5. The highest BCUT2D eigenvalue weighted by Crippen LogP contribution is 2.37. The average Bonchev–Trinajstić information content (AvgIpc) is 2.82. The van der Waals surface area contributed by atoms with Gasteiger partial charge in [-0.05, 0) is 59.7 Å². The standard InChI is InChI=1S/C27H29NO4/c1-31-24-8-2-5-22(17-24)18-28-16-4-7-23-6-3-9-25(27(23)28)32-19-21-12-10-20(11-13-21)14-15-26(29)30/h2-3,5-6,8-13,17H,4,7,14-16,18-19H2,1H3,(H,29,30). The van der Waals surface area contributed by atoms with E-state index in [1.54, 1.807) is 7.11 Å². The van der Waals surface area contributed by atoms with E-state index in [1.165, 1.54) is 16.8 Å². The molecule has 3 aromatic carbocycles. The van der Waals surface area contributed by atoms with Crippen LogP contribution in [0.15, 0.2) is 66.7 Å². The van der Waals surface area contributed by atoms with E-state index in [2.05, 4.69) is 29.2 Å². The van der Waals surface area contributed by atoms with E-state index in [9.17, 15) is 4.79 Å². The van der Waals surface area contributed by atoms with Crippen LogP contribution in [0.3, 0.4) is 0 Å². The van der Waals surface area contributed by atoms with Crippen LogP contribution < -0.4 is 14.4 Å². The quantitative estimate of drug-likeness (QED) is 0.502. The van der Waals surface area contributed by atoms with Crippen molar-refractivity contribution in [2.24, 2.45) is 0 Å². The van der Waals surface area contributed by atoms with Crippen molar-refractivity contribution in [1.29, 1.82) is 0 Å². The van der Waals surface area contributed by atoms with Crippen LogP contribution in [0.2, 0.25) is 0 Å². The monoisotopic (exact) mass is 431 g/mol. The van der Waals surface area contributed by atoms with E-state index in [0.717, 1.165) is 48.6 Å². The van der Waals surface area contributed by atoms with Gasteiger partial charge in [-0.25, -0.2) is 0 Å². The van der Waals surface area contributed by atoms with Crippen molar-refractivity contribution in [1.82, 2.24) is 0 Å². The molecular weight excluding hydrogens is 402 g/mol. The van der Waals surface area contributed by atoms with Crippen LogP contribution in [0.5, 0.6) is 11.5 Å². The molecule has 1 heterocycles. The lowest BCUT2D eigenvalue weighted by Gasteiger charge is -2.33. The minimum absolute atomic E-state index is 0.148. The first-order chi connectivity index (χ1) is 15.6. The zero-order valence-electron chi connectivity index (χ0n) is 18.4. The smallest absolute Gasteiger partial charge is 0.303 e. The molecule has 0 amide bonds. The molecule has 1 N–H and O–H groups in total. The fourth-order valence-electron chi connectivity index (χ4n) is 4.18. The fraction of sp³-hybridized carbons (Fsp3) is 0.296. The number of benzene rings is 3. The minimum Gasteiger partial charge on any atom is -0.497 e.